The van der Waals surface area contributed by atoms with Crippen molar-refractivity contribution in [3.8, 4) is 11.4 Å². The van der Waals surface area contributed by atoms with E-state index in [0.29, 0.717) is 25.9 Å². The number of hydrogen-bond acceptors (Lipinski definition) is 8. The zero-order valence-electron chi connectivity index (χ0n) is 18.2. The van der Waals surface area contributed by atoms with Gasteiger partial charge in [0.15, 0.2) is 9.84 Å². The van der Waals surface area contributed by atoms with Gasteiger partial charge in [0.05, 0.1) is 6.10 Å². The highest BCUT2D eigenvalue weighted by Crippen LogP contribution is 2.26. The molecule has 176 valence electrons. The van der Waals surface area contributed by atoms with E-state index in [1.807, 2.05) is 20.8 Å². The molecule has 2 heterocycles. The maximum atomic E-state index is 14.1. The number of aromatic nitrogens is 2. The first-order valence-electron chi connectivity index (χ1n) is 9.95. The van der Waals surface area contributed by atoms with Crippen molar-refractivity contribution in [2.24, 2.45) is 0 Å². The van der Waals surface area contributed by atoms with Gasteiger partial charge in [-0.15, -0.1) is 0 Å². The van der Waals surface area contributed by atoms with Crippen LogP contribution in [0, 0.1) is 11.6 Å². The van der Waals surface area contributed by atoms with Gasteiger partial charge < -0.3 is 18.9 Å². The van der Waals surface area contributed by atoms with E-state index in [4.69, 9.17) is 14.0 Å². The van der Waals surface area contributed by atoms with Crippen LogP contribution >= 0.6 is 0 Å². The third kappa shape index (κ3) is 6.00. The van der Waals surface area contributed by atoms with E-state index in [2.05, 4.69) is 10.1 Å². The monoisotopic (exact) mass is 473 g/mol. The Kier molecular flexibility index (Phi) is 6.84. The van der Waals surface area contributed by atoms with Gasteiger partial charge >= 0.3 is 6.09 Å². The third-order valence-electron chi connectivity index (χ3n) is 4.63. The van der Waals surface area contributed by atoms with E-state index in [-0.39, 0.29) is 36.1 Å². The Morgan fingerprint density at radius 1 is 1.22 bits per heavy atom. The minimum Gasteiger partial charge on any atom is -0.444 e. The summed E-state index contributed by atoms with van der Waals surface area (Å²) in [5, 5.41) is 3.68. The van der Waals surface area contributed by atoms with E-state index in [1.165, 1.54) is 0 Å². The number of benzene rings is 1. The standard InChI is InChI=1S/C20H25F2N3O6S/c1-20(2,3)30-19(26)25-7-5-13(6-8-25)29-11-16-23-18(24-31-16)12-9-14(21)17(15(22)10-12)32(4,27)28/h9-10,13H,5-8,11H2,1-4H3. The lowest BCUT2D eigenvalue weighted by Gasteiger charge is -2.33. The van der Waals surface area contributed by atoms with Crippen molar-refractivity contribution in [2.75, 3.05) is 19.3 Å². The number of nitrogens with zero attached hydrogens (tertiary/aromatic N) is 3. The molecular formula is C20H25F2N3O6S. The van der Waals surface area contributed by atoms with E-state index >= 15 is 0 Å². The molecule has 1 aliphatic rings. The van der Waals surface area contributed by atoms with Crippen molar-refractivity contribution < 1.29 is 36.0 Å². The summed E-state index contributed by atoms with van der Waals surface area (Å²) in [6.45, 7) is 6.38. The Bertz CT molecular complexity index is 1070. The van der Waals surface area contributed by atoms with Crippen LogP contribution in [-0.2, 0) is 25.9 Å². The third-order valence-corrected chi connectivity index (χ3v) is 5.76. The molecular weight excluding hydrogens is 448 g/mol. The summed E-state index contributed by atoms with van der Waals surface area (Å²) in [4.78, 5) is 16.8. The number of carbonyl (C=O) groups is 1. The lowest BCUT2D eigenvalue weighted by molar-refractivity contribution is -0.0231. The van der Waals surface area contributed by atoms with Crippen molar-refractivity contribution in [2.45, 2.75) is 56.8 Å². The van der Waals surface area contributed by atoms with Gasteiger partial charge in [-0.3, -0.25) is 0 Å². The molecule has 1 aliphatic heterocycles. The fraction of sp³-hybridized carbons (Fsp3) is 0.550. The molecule has 12 heteroatoms. The number of piperidine rings is 1. The normalized spacial score (nSPS) is 15.8. The molecule has 0 bridgehead atoms. The van der Waals surface area contributed by atoms with Crippen molar-refractivity contribution in [3.63, 3.8) is 0 Å². The second-order valence-corrected chi connectivity index (χ2v) is 10.5. The van der Waals surface area contributed by atoms with Gasteiger partial charge in [0.2, 0.25) is 5.82 Å². The summed E-state index contributed by atoms with van der Waals surface area (Å²) in [5.74, 6) is -2.47. The topological polar surface area (TPSA) is 112 Å². The molecule has 32 heavy (non-hydrogen) atoms. The molecule has 0 atom stereocenters. The molecule has 0 N–H and O–H groups in total. The Labute approximate surface area is 184 Å². The Morgan fingerprint density at radius 2 is 1.81 bits per heavy atom. The smallest absolute Gasteiger partial charge is 0.410 e. The van der Waals surface area contributed by atoms with Crippen LogP contribution in [0.1, 0.15) is 39.5 Å². The van der Waals surface area contributed by atoms with Crippen LogP contribution in [0.25, 0.3) is 11.4 Å². The van der Waals surface area contributed by atoms with Crippen LogP contribution in [0.4, 0.5) is 13.6 Å². The highest BCUT2D eigenvalue weighted by atomic mass is 32.2. The zero-order valence-corrected chi connectivity index (χ0v) is 19.0. The predicted octanol–water partition coefficient (Wildman–Crippen LogP) is 3.33. The predicted molar refractivity (Wildman–Crippen MR) is 108 cm³/mol. The van der Waals surface area contributed by atoms with Crippen molar-refractivity contribution in [3.05, 3.63) is 29.7 Å². The van der Waals surface area contributed by atoms with Crippen LogP contribution in [-0.4, -0.2) is 60.6 Å². The van der Waals surface area contributed by atoms with E-state index < -0.39 is 32.0 Å². The number of rotatable bonds is 5. The summed E-state index contributed by atoms with van der Waals surface area (Å²) < 4.78 is 67.4. The molecule has 0 unspecified atom stereocenters. The van der Waals surface area contributed by atoms with Gasteiger partial charge in [-0.1, -0.05) is 5.16 Å². The van der Waals surface area contributed by atoms with Crippen molar-refractivity contribution >= 4 is 15.9 Å². The molecule has 2 aromatic rings. The van der Waals surface area contributed by atoms with Gasteiger partial charge in [0, 0.05) is 24.9 Å². The second-order valence-electron chi connectivity index (χ2n) is 8.53. The van der Waals surface area contributed by atoms with Crippen molar-refractivity contribution in [1.82, 2.24) is 15.0 Å². The summed E-state index contributed by atoms with van der Waals surface area (Å²) >= 11 is 0. The van der Waals surface area contributed by atoms with Crippen molar-refractivity contribution in [1.29, 1.82) is 0 Å². The molecule has 0 spiro atoms. The Morgan fingerprint density at radius 3 is 2.34 bits per heavy atom. The molecule has 1 aromatic carbocycles. The average molecular weight is 473 g/mol. The maximum absolute atomic E-state index is 14.1. The second kappa shape index (κ2) is 9.10. The first kappa shape index (κ1) is 24.1. The van der Waals surface area contributed by atoms with Crippen LogP contribution in [0.2, 0.25) is 0 Å². The van der Waals surface area contributed by atoms with E-state index in [0.717, 1.165) is 18.4 Å². The summed E-state index contributed by atoms with van der Waals surface area (Å²) in [5.41, 5.74) is -0.620. The molecule has 0 radical (unpaired) electrons. The number of likely N-dealkylation sites (tertiary alicyclic amines) is 1. The Balaban J connectivity index is 1.56. The summed E-state index contributed by atoms with van der Waals surface area (Å²) in [6, 6.07) is 1.67. The number of ether oxygens (including phenoxy) is 2. The number of amides is 1. The molecule has 3 rings (SSSR count). The fourth-order valence-corrected chi connectivity index (χ4v) is 4.02. The van der Waals surface area contributed by atoms with Crippen LogP contribution in [0.5, 0.6) is 0 Å². The molecule has 1 amide bonds. The number of halogens is 2. The molecule has 1 saturated heterocycles. The first-order chi connectivity index (χ1) is 14.8. The highest BCUT2D eigenvalue weighted by Gasteiger charge is 2.28. The lowest BCUT2D eigenvalue weighted by Crippen LogP contribution is -2.43. The summed E-state index contributed by atoms with van der Waals surface area (Å²) in [7, 11) is -4.06. The van der Waals surface area contributed by atoms with Gasteiger partial charge in [0.1, 0.15) is 28.7 Å². The molecule has 1 aromatic heterocycles. The van der Waals surface area contributed by atoms with Crippen LogP contribution < -0.4 is 0 Å². The number of hydrogen-bond donors (Lipinski definition) is 0. The average Bonchev–Trinajstić information content (AvgIpc) is 3.13. The first-order valence-corrected chi connectivity index (χ1v) is 11.8. The van der Waals surface area contributed by atoms with E-state index in [1.54, 1.807) is 4.90 Å². The Hall–Kier alpha value is -2.60. The lowest BCUT2D eigenvalue weighted by atomic mass is 10.1. The van der Waals surface area contributed by atoms with Crippen LogP contribution in [0.15, 0.2) is 21.6 Å². The number of carbonyl (C=O) groups excluding carboxylic acids is 1. The molecule has 9 nitrogen and oxygen atoms in total. The highest BCUT2D eigenvalue weighted by molar-refractivity contribution is 7.90. The quantitative estimate of drug-likeness (QED) is 0.650. The minimum absolute atomic E-state index is 0.0174. The van der Waals surface area contributed by atoms with E-state index in [9.17, 15) is 22.0 Å². The SMILES string of the molecule is CC(C)(C)OC(=O)N1CCC(OCc2nc(-c3cc(F)c(S(C)(=O)=O)c(F)c3)no2)CC1. The van der Waals surface area contributed by atoms with Gasteiger partial charge in [-0.25, -0.2) is 22.0 Å². The molecule has 1 fully saturated rings. The van der Waals surface area contributed by atoms with Gasteiger partial charge in [-0.2, -0.15) is 4.98 Å². The van der Waals surface area contributed by atoms with Crippen LogP contribution in [0.3, 0.4) is 0 Å². The molecule has 0 saturated carbocycles. The largest absolute Gasteiger partial charge is 0.444 e. The zero-order chi connectivity index (χ0) is 23.7. The maximum Gasteiger partial charge on any atom is 0.410 e. The fourth-order valence-electron chi connectivity index (χ4n) is 3.19. The van der Waals surface area contributed by atoms with Gasteiger partial charge in [-0.05, 0) is 45.7 Å². The molecule has 0 aliphatic carbocycles. The minimum atomic E-state index is -4.06. The summed E-state index contributed by atoms with van der Waals surface area (Å²) in [6.07, 6.45) is 1.43. The number of sulfone groups is 1. The van der Waals surface area contributed by atoms with Gasteiger partial charge in [0.25, 0.3) is 5.89 Å².